The number of aliphatic hydroxyl groups is 1. The molecule has 0 spiro atoms. The first-order chi connectivity index (χ1) is 15.6. The minimum atomic E-state index is -0.541. The van der Waals surface area contributed by atoms with E-state index in [4.69, 9.17) is 15.2 Å². The second-order valence-corrected chi connectivity index (χ2v) is 11.8. The van der Waals surface area contributed by atoms with Gasteiger partial charge in [0.1, 0.15) is 6.79 Å². The van der Waals surface area contributed by atoms with E-state index in [1.54, 1.807) is 5.57 Å². The molecule has 33 heavy (non-hydrogen) atoms. The first kappa shape index (κ1) is 26.7. The van der Waals surface area contributed by atoms with E-state index in [1.165, 1.54) is 49.7 Å². The molecule has 3 saturated carbocycles. The van der Waals surface area contributed by atoms with E-state index in [9.17, 15) is 5.11 Å². The Balaban J connectivity index is 1.64. The van der Waals surface area contributed by atoms with Crippen LogP contribution in [-0.2, 0) is 9.47 Å². The molecule has 3 aliphatic rings. The molecular formula is C29H49NO3. The van der Waals surface area contributed by atoms with Crippen LogP contribution in [0.1, 0.15) is 98.3 Å². The van der Waals surface area contributed by atoms with Gasteiger partial charge in [-0.15, -0.1) is 0 Å². The number of nitrogens with two attached hydrogens (primary N) is 1. The minimum Gasteiger partial charge on any atom is -0.390 e. The fourth-order valence-electron chi connectivity index (χ4n) is 6.99. The number of fused-ring (bicyclic) bond motifs is 1. The number of ether oxygens (including phenoxy) is 2. The van der Waals surface area contributed by atoms with Crippen LogP contribution in [-0.4, -0.2) is 30.3 Å². The molecule has 0 aromatic heterocycles. The van der Waals surface area contributed by atoms with E-state index in [2.05, 4.69) is 32.6 Å². The molecule has 3 N–H and O–H groups in total. The lowest BCUT2D eigenvalue weighted by molar-refractivity contribution is -0.0908. The summed E-state index contributed by atoms with van der Waals surface area (Å²) in [7, 11) is 0. The normalized spacial score (nSPS) is 34.1. The Bertz CT molecular complexity index is 719. The number of hydrogen-bond acceptors (Lipinski definition) is 4. The van der Waals surface area contributed by atoms with Crippen LogP contribution >= 0.6 is 0 Å². The maximum atomic E-state index is 10.1. The minimum absolute atomic E-state index is 0.198. The summed E-state index contributed by atoms with van der Waals surface area (Å²) < 4.78 is 11.0. The molecule has 5 atom stereocenters. The van der Waals surface area contributed by atoms with E-state index in [-0.39, 0.29) is 19.6 Å². The van der Waals surface area contributed by atoms with Gasteiger partial charge in [-0.2, -0.15) is 0 Å². The Labute approximate surface area is 202 Å². The van der Waals surface area contributed by atoms with Gasteiger partial charge in [-0.25, -0.2) is 0 Å². The van der Waals surface area contributed by atoms with Crippen LogP contribution in [0.3, 0.4) is 0 Å². The van der Waals surface area contributed by atoms with Crippen LogP contribution in [0, 0.1) is 23.2 Å². The zero-order valence-electron chi connectivity index (χ0n) is 21.7. The third-order valence-corrected chi connectivity index (χ3v) is 8.85. The highest BCUT2D eigenvalue weighted by molar-refractivity contribution is 5.36. The van der Waals surface area contributed by atoms with Gasteiger partial charge in [0, 0.05) is 0 Å². The summed E-state index contributed by atoms with van der Waals surface area (Å²) in [6.07, 6.45) is 17.7. The molecule has 4 nitrogen and oxygen atoms in total. The first-order valence-corrected chi connectivity index (χ1v) is 13.3. The van der Waals surface area contributed by atoms with Crippen molar-refractivity contribution in [2.24, 2.45) is 28.9 Å². The molecule has 0 aromatic rings. The number of allylic oxidation sites excluding steroid dienone is 4. The van der Waals surface area contributed by atoms with Crippen LogP contribution < -0.4 is 5.73 Å². The van der Waals surface area contributed by atoms with Crippen molar-refractivity contribution in [3.63, 3.8) is 0 Å². The van der Waals surface area contributed by atoms with Crippen molar-refractivity contribution in [2.75, 3.05) is 13.5 Å². The Hall–Kier alpha value is -0.940. The zero-order chi connectivity index (χ0) is 24.1. The summed E-state index contributed by atoms with van der Waals surface area (Å²) >= 11 is 0. The SMILES string of the molecule is C=C1CC[C@H](OCOCN)C/C1=C/C=C1\CCCC2(C)C1CC[C@@H]2[C@@H](C)CCCC(C)(C)O. The second kappa shape index (κ2) is 11.7. The highest BCUT2D eigenvalue weighted by Gasteiger charge is 2.50. The lowest BCUT2D eigenvalue weighted by Gasteiger charge is -2.44. The topological polar surface area (TPSA) is 64.7 Å². The summed E-state index contributed by atoms with van der Waals surface area (Å²) in [6.45, 7) is 13.7. The molecule has 0 aliphatic heterocycles. The predicted octanol–water partition coefficient (Wildman–Crippen LogP) is 6.65. The van der Waals surface area contributed by atoms with Gasteiger partial charge in [0.2, 0.25) is 0 Å². The van der Waals surface area contributed by atoms with E-state index in [0.717, 1.165) is 43.9 Å². The quantitative estimate of drug-likeness (QED) is 0.284. The summed E-state index contributed by atoms with van der Waals surface area (Å²) in [6, 6.07) is 0. The third kappa shape index (κ3) is 7.04. The van der Waals surface area contributed by atoms with E-state index in [1.807, 2.05) is 13.8 Å². The Kier molecular flexibility index (Phi) is 9.42. The maximum absolute atomic E-state index is 10.1. The standard InChI is InChI=1S/C29H49NO3/c1-21-10-13-25(33-20-32-19-30)18-24(21)12-11-23-9-7-17-29(5)26(14-15-27(23)29)22(2)8-6-16-28(3,4)31/h11-12,22,25-27,31H,1,6-10,13-20,30H2,2-5H3/b23-11+,24-12-/t22-,25-,26+,27?,29?/m0/s1. The average molecular weight is 460 g/mol. The molecule has 0 bridgehead atoms. The van der Waals surface area contributed by atoms with Crippen molar-refractivity contribution in [3.05, 3.63) is 35.5 Å². The maximum Gasteiger partial charge on any atom is 0.148 e. The molecule has 0 amide bonds. The average Bonchev–Trinajstić information content (AvgIpc) is 3.10. The zero-order valence-corrected chi connectivity index (χ0v) is 21.7. The second-order valence-electron chi connectivity index (χ2n) is 11.8. The molecule has 3 fully saturated rings. The third-order valence-electron chi connectivity index (χ3n) is 8.85. The van der Waals surface area contributed by atoms with Crippen LogP contribution in [0.2, 0.25) is 0 Å². The van der Waals surface area contributed by atoms with Gasteiger partial charge in [0.05, 0.1) is 18.4 Å². The lowest BCUT2D eigenvalue weighted by Crippen LogP contribution is -2.36. The highest BCUT2D eigenvalue weighted by atomic mass is 16.7. The Morgan fingerprint density at radius 1 is 1.24 bits per heavy atom. The predicted molar refractivity (Wildman–Crippen MR) is 137 cm³/mol. The van der Waals surface area contributed by atoms with Crippen molar-refractivity contribution in [1.82, 2.24) is 0 Å². The summed E-state index contributed by atoms with van der Waals surface area (Å²) in [5.41, 5.74) is 9.54. The highest BCUT2D eigenvalue weighted by Crippen LogP contribution is 2.60. The molecule has 188 valence electrons. The van der Waals surface area contributed by atoms with Gasteiger partial charge in [-0.05, 0) is 100 Å². The molecule has 0 heterocycles. The molecule has 3 aliphatic carbocycles. The van der Waals surface area contributed by atoms with Gasteiger partial charge < -0.3 is 20.3 Å². The van der Waals surface area contributed by atoms with Crippen molar-refractivity contribution >= 4 is 0 Å². The lowest BCUT2D eigenvalue weighted by atomic mass is 9.60. The van der Waals surface area contributed by atoms with Crippen molar-refractivity contribution in [2.45, 2.75) is 110 Å². The van der Waals surface area contributed by atoms with Crippen molar-refractivity contribution < 1.29 is 14.6 Å². The Morgan fingerprint density at radius 2 is 2.03 bits per heavy atom. The fraction of sp³-hybridized carbons (Fsp3) is 0.793. The number of hydrogen-bond donors (Lipinski definition) is 2. The van der Waals surface area contributed by atoms with Gasteiger partial charge in [0.15, 0.2) is 0 Å². The van der Waals surface area contributed by atoms with Crippen molar-refractivity contribution in [3.8, 4) is 0 Å². The van der Waals surface area contributed by atoms with Gasteiger partial charge in [-0.3, -0.25) is 0 Å². The van der Waals surface area contributed by atoms with Gasteiger partial charge >= 0.3 is 0 Å². The molecule has 0 saturated heterocycles. The van der Waals surface area contributed by atoms with Crippen molar-refractivity contribution in [1.29, 1.82) is 0 Å². The van der Waals surface area contributed by atoms with Crippen LogP contribution in [0.4, 0.5) is 0 Å². The largest absolute Gasteiger partial charge is 0.390 e. The number of rotatable bonds is 10. The summed E-state index contributed by atoms with van der Waals surface area (Å²) in [5.74, 6) is 2.24. The first-order valence-electron chi connectivity index (χ1n) is 13.3. The Morgan fingerprint density at radius 3 is 2.76 bits per heavy atom. The monoisotopic (exact) mass is 459 g/mol. The molecule has 0 aromatic carbocycles. The molecule has 3 rings (SSSR count). The van der Waals surface area contributed by atoms with Crippen LogP contribution in [0.25, 0.3) is 0 Å². The molecule has 2 unspecified atom stereocenters. The van der Waals surface area contributed by atoms with E-state index < -0.39 is 5.60 Å². The van der Waals surface area contributed by atoms with Crippen LogP contribution in [0.5, 0.6) is 0 Å². The molecular weight excluding hydrogens is 410 g/mol. The van der Waals surface area contributed by atoms with E-state index in [0.29, 0.717) is 11.3 Å². The van der Waals surface area contributed by atoms with Gasteiger partial charge in [0.25, 0.3) is 0 Å². The summed E-state index contributed by atoms with van der Waals surface area (Å²) in [4.78, 5) is 0. The molecule has 4 heteroatoms. The van der Waals surface area contributed by atoms with E-state index >= 15 is 0 Å². The smallest absolute Gasteiger partial charge is 0.148 e. The molecule has 0 radical (unpaired) electrons. The van der Waals surface area contributed by atoms with Gasteiger partial charge in [-0.1, -0.05) is 56.6 Å². The summed E-state index contributed by atoms with van der Waals surface area (Å²) in [5, 5.41) is 10.1. The van der Waals surface area contributed by atoms with Crippen LogP contribution in [0.15, 0.2) is 35.5 Å². The fourth-order valence-corrected chi connectivity index (χ4v) is 6.99.